The molecule has 2 rings (SSSR count). The largest absolute Gasteiger partial charge is 0.303 e. The van der Waals surface area contributed by atoms with Gasteiger partial charge in [-0.25, -0.2) is 0 Å². The summed E-state index contributed by atoms with van der Waals surface area (Å²) in [7, 11) is 0. The van der Waals surface area contributed by atoms with Crippen LogP contribution in [0.1, 0.15) is 46.0 Å². The molecule has 0 aromatic rings. The molecule has 2 aliphatic rings. The maximum atomic E-state index is 10.9. The molecule has 0 bridgehead atoms. The van der Waals surface area contributed by atoms with Crippen LogP contribution in [0.4, 0.5) is 0 Å². The fourth-order valence-corrected chi connectivity index (χ4v) is 3.60. The molecule has 3 unspecified atom stereocenters. The molecule has 0 spiro atoms. The second-order valence-electron chi connectivity index (χ2n) is 5.51. The van der Waals surface area contributed by atoms with E-state index in [0.29, 0.717) is 11.8 Å². The van der Waals surface area contributed by atoms with E-state index in [-0.39, 0.29) is 0 Å². The first kappa shape index (κ1) is 10.2. The van der Waals surface area contributed by atoms with E-state index in [1.807, 2.05) is 0 Å². The van der Waals surface area contributed by atoms with Crippen molar-refractivity contribution in [3.63, 3.8) is 0 Å². The van der Waals surface area contributed by atoms with Crippen LogP contribution in [0.15, 0.2) is 0 Å². The summed E-state index contributed by atoms with van der Waals surface area (Å²) in [5.41, 5.74) is 0. The van der Waals surface area contributed by atoms with Crippen molar-refractivity contribution in [2.24, 2.45) is 29.6 Å². The van der Waals surface area contributed by atoms with Gasteiger partial charge in [-0.1, -0.05) is 46.0 Å². The molecule has 1 nitrogen and oxygen atoms in total. The van der Waals surface area contributed by atoms with Crippen molar-refractivity contribution in [3.05, 3.63) is 0 Å². The van der Waals surface area contributed by atoms with Crippen molar-refractivity contribution in [2.45, 2.75) is 46.0 Å². The van der Waals surface area contributed by atoms with E-state index in [9.17, 15) is 4.79 Å². The van der Waals surface area contributed by atoms with Crippen LogP contribution in [0.5, 0.6) is 0 Å². The molecule has 14 heavy (non-hydrogen) atoms. The Labute approximate surface area is 87.3 Å². The van der Waals surface area contributed by atoms with Crippen molar-refractivity contribution in [2.75, 3.05) is 0 Å². The Morgan fingerprint density at radius 2 is 1.79 bits per heavy atom. The SMILES string of the molecule is CC(C)C1C(C=O)C1C1CCCCC1. The molecule has 0 amide bonds. The highest BCUT2D eigenvalue weighted by atomic mass is 16.1. The van der Waals surface area contributed by atoms with E-state index in [1.54, 1.807) is 0 Å². The Kier molecular flexibility index (Phi) is 2.94. The molecule has 2 fully saturated rings. The molecule has 0 saturated heterocycles. The zero-order valence-corrected chi connectivity index (χ0v) is 9.41. The number of hydrogen-bond donors (Lipinski definition) is 0. The van der Waals surface area contributed by atoms with Crippen molar-refractivity contribution >= 4 is 6.29 Å². The third-order valence-electron chi connectivity index (χ3n) is 4.31. The summed E-state index contributed by atoms with van der Waals surface area (Å²) in [5, 5.41) is 0. The Bertz CT molecular complexity index is 203. The van der Waals surface area contributed by atoms with E-state index in [2.05, 4.69) is 13.8 Å². The van der Waals surface area contributed by atoms with Crippen LogP contribution >= 0.6 is 0 Å². The third kappa shape index (κ3) is 1.74. The van der Waals surface area contributed by atoms with Crippen LogP contribution in [0.2, 0.25) is 0 Å². The van der Waals surface area contributed by atoms with Crippen LogP contribution < -0.4 is 0 Å². The van der Waals surface area contributed by atoms with Gasteiger partial charge in [0.05, 0.1) is 0 Å². The molecule has 3 atom stereocenters. The molecule has 2 aliphatic carbocycles. The predicted molar refractivity (Wildman–Crippen MR) is 57.9 cm³/mol. The van der Waals surface area contributed by atoms with Gasteiger partial charge in [0.15, 0.2) is 0 Å². The number of rotatable bonds is 3. The lowest BCUT2D eigenvalue weighted by molar-refractivity contribution is -0.109. The van der Waals surface area contributed by atoms with E-state index < -0.39 is 0 Å². The molecule has 0 aromatic carbocycles. The number of carbonyl (C=O) groups is 1. The lowest BCUT2D eigenvalue weighted by atomic mass is 9.84. The number of hydrogen-bond acceptors (Lipinski definition) is 1. The highest BCUT2D eigenvalue weighted by Gasteiger charge is 2.54. The highest BCUT2D eigenvalue weighted by molar-refractivity contribution is 5.59. The molecule has 0 N–H and O–H groups in total. The van der Waals surface area contributed by atoms with E-state index in [1.165, 1.54) is 38.4 Å². The summed E-state index contributed by atoms with van der Waals surface area (Å²) in [6, 6.07) is 0. The maximum absolute atomic E-state index is 10.9. The monoisotopic (exact) mass is 194 g/mol. The first-order valence-electron chi connectivity index (χ1n) is 6.21. The van der Waals surface area contributed by atoms with Crippen LogP contribution in [0.3, 0.4) is 0 Å². The van der Waals surface area contributed by atoms with Crippen LogP contribution in [-0.2, 0) is 4.79 Å². The fraction of sp³-hybridized carbons (Fsp3) is 0.923. The first-order valence-corrected chi connectivity index (χ1v) is 6.21. The zero-order chi connectivity index (χ0) is 10.1. The minimum Gasteiger partial charge on any atom is -0.303 e. The topological polar surface area (TPSA) is 17.1 Å². The van der Waals surface area contributed by atoms with Crippen LogP contribution in [0, 0.1) is 29.6 Å². The zero-order valence-electron chi connectivity index (χ0n) is 9.41. The molecule has 0 radical (unpaired) electrons. The van der Waals surface area contributed by atoms with E-state index in [4.69, 9.17) is 0 Å². The minimum absolute atomic E-state index is 0.415. The second-order valence-corrected chi connectivity index (χ2v) is 5.51. The number of aldehydes is 1. The summed E-state index contributed by atoms with van der Waals surface area (Å²) in [6.07, 6.45) is 8.22. The molecule has 1 heteroatoms. The average molecular weight is 194 g/mol. The van der Waals surface area contributed by atoms with Gasteiger partial charge < -0.3 is 4.79 Å². The lowest BCUT2D eigenvalue weighted by Crippen LogP contribution is -2.11. The fourth-order valence-electron chi connectivity index (χ4n) is 3.60. The molecular formula is C13H22O. The van der Waals surface area contributed by atoms with Gasteiger partial charge >= 0.3 is 0 Å². The quantitative estimate of drug-likeness (QED) is 0.630. The Hall–Kier alpha value is -0.330. The van der Waals surface area contributed by atoms with Gasteiger partial charge in [0, 0.05) is 5.92 Å². The summed E-state index contributed by atoms with van der Waals surface area (Å²) in [4.78, 5) is 10.9. The molecule has 0 aliphatic heterocycles. The van der Waals surface area contributed by atoms with Crippen LogP contribution in [-0.4, -0.2) is 6.29 Å². The van der Waals surface area contributed by atoms with Gasteiger partial charge in [0.1, 0.15) is 6.29 Å². The normalized spacial score (nSPS) is 38.6. The summed E-state index contributed by atoms with van der Waals surface area (Å²) < 4.78 is 0. The molecule has 80 valence electrons. The van der Waals surface area contributed by atoms with Gasteiger partial charge in [-0.05, 0) is 23.7 Å². The minimum atomic E-state index is 0.415. The highest BCUT2D eigenvalue weighted by Crippen LogP contribution is 2.56. The summed E-state index contributed by atoms with van der Waals surface area (Å²) in [5.74, 6) is 3.48. The smallest absolute Gasteiger partial charge is 0.123 e. The van der Waals surface area contributed by atoms with E-state index in [0.717, 1.165) is 17.8 Å². The van der Waals surface area contributed by atoms with Crippen molar-refractivity contribution < 1.29 is 4.79 Å². The summed E-state index contributed by atoms with van der Waals surface area (Å²) >= 11 is 0. The first-order chi connectivity index (χ1) is 6.75. The van der Waals surface area contributed by atoms with Crippen molar-refractivity contribution in [1.29, 1.82) is 0 Å². The van der Waals surface area contributed by atoms with Crippen molar-refractivity contribution in [3.8, 4) is 0 Å². The van der Waals surface area contributed by atoms with E-state index >= 15 is 0 Å². The molecule has 0 heterocycles. The molecular weight excluding hydrogens is 172 g/mol. The van der Waals surface area contributed by atoms with Gasteiger partial charge in [-0.3, -0.25) is 0 Å². The maximum Gasteiger partial charge on any atom is 0.123 e. The van der Waals surface area contributed by atoms with Gasteiger partial charge in [0.2, 0.25) is 0 Å². The van der Waals surface area contributed by atoms with Crippen molar-refractivity contribution in [1.82, 2.24) is 0 Å². The third-order valence-corrected chi connectivity index (χ3v) is 4.31. The average Bonchev–Trinajstić information content (AvgIpc) is 2.93. The van der Waals surface area contributed by atoms with Gasteiger partial charge in [-0.2, -0.15) is 0 Å². The van der Waals surface area contributed by atoms with Gasteiger partial charge in [-0.15, -0.1) is 0 Å². The number of carbonyl (C=O) groups excluding carboxylic acids is 1. The Morgan fingerprint density at radius 1 is 1.14 bits per heavy atom. The molecule has 2 saturated carbocycles. The Morgan fingerprint density at radius 3 is 2.21 bits per heavy atom. The summed E-state index contributed by atoms with van der Waals surface area (Å²) in [6.45, 7) is 4.54. The van der Waals surface area contributed by atoms with Gasteiger partial charge in [0.25, 0.3) is 0 Å². The lowest BCUT2D eigenvalue weighted by Gasteiger charge is -2.22. The Balaban J connectivity index is 1.94. The van der Waals surface area contributed by atoms with Crippen LogP contribution in [0.25, 0.3) is 0 Å². The molecule has 0 aromatic heterocycles. The standard InChI is InChI=1S/C13H22O/c1-9(2)12-11(8-14)13(12)10-6-4-3-5-7-10/h8-13H,3-7H2,1-2H3. The second kappa shape index (κ2) is 4.04. The predicted octanol–water partition coefficient (Wildman–Crippen LogP) is 3.28.